The van der Waals surface area contributed by atoms with E-state index < -0.39 is 21.9 Å². The molecule has 0 saturated carbocycles. The molecule has 0 heterocycles. The van der Waals surface area contributed by atoms with E-state index >= 15 is 0 Å². The van der Waals surface area contributed by atoms with Crippen LogP contribution in [0.4, 0.5) is 10.1 Å². The van der Waals surface area contributed by atoms with Crippen LogP contribution in [0, 0.1) is 25.6 Å². The topological polar surface area (TPSA) is 86.8 Å². The molecule has 1 atom stereocenters. The molecule has 0 spiro atoms. The Morgan fingerprint density at radius 2 is 1.60 bits per heavy atom. The number of benzene rings is 3. The molecule has 0 aromatic heterocycles. The summed E-state index contributed by atoms with van der Waals surface area (Å²) in [4.78, 5) is 28.8. The van der Waals surface area contributed by atoms with E-state index in [0.29, 0.717) is 17.8 Å². The molecule has 9 heteroatoms. The van der Waals surface area contributed by atoms with Crippen LogP contribution in [0.15, 0.2) is 72.8 Å². The van der Waals surface area contributed by atoms with E-state index in [9.17, 15) is 22.4 Å². The van der Waals surface area contributed by atoms with E-state index in [-0.39, 0.29) is 50.1 Å². The minimum absolute atomic E-state index is 0.0198. The number of hydrogen-bond acceptors (Lipinski definition) is 4. The van der Waals surface area contributed by atoms with Crippen molar-refractivity contribution >= 4 is 27.5 Å². The fraction of sp³-hybridized carbons (Fsp3) is 0.394. The maximum atomic E-state index is 14.8. The molecule has 0 unspecified atom stereocenters. The van der Waals surface area contributed by atoms with Crippen LogP contribution in [0.2, 0.25) is 0 Å². The molecule has 0 aliphatic rings. The van der Waals surface area contributed by atoms with Gasteiger partial charge in [-0.1, -0.05) is 68.4 Å². The third kappa shape index (κ3) is 9.41. The Balaban J connectivity index is 1.89. The molecule has 0 aliphatic heterocycles. The molecule has 226 valence electrons. The number of nitrogens with zero attached hydrogens (tertiary/aromatic N) is 2. The van der Waals surface area contributed by atoms with E-state index in [1.165, 1.54) is 15.3 Å². The van der Waals surface area contributed by atoms with Crippen molar-refractivity contribution in [1.82, 2.24) is 10.2 Å². The Hall–Kier alpha value is -3.72. The van der Waals surface area contributed by atoms with Gasteiger partial charge in [0.2, 0.25) is 21.8 Å². The number of hydrogen-bond donors (Lipinski definition) is 1. The molecular weight excluding hydrogens is 553 g/mol. The van der Waals surface area contributed by atoms with Gasteiger partial charge >= 0.3 is 0 Å². The van der Waals surface area contributed by atoms with E-state index in [1.54, 1.807) is 24.3 Å². The Labute approximate surface area is 249 Å². The normalized spacial score (nSPS) is 12.2. The predicted octanol–water partition coefficient (Wildman–Crippen LogP) is 5.40. The van der Waals surface area contributed by atoms with Gasteiger partial charge in [0.05, 0.1) is 11.9 Å². The third-order valence-electron chi connectivity index (χ3n) is 7.18. The summed E-state index contributed by atoms with van der Waals surface area (Å²) < 4.78 is 41.4. The average Bonchev–Trinajstić information content (AvgIpc) is 2.94. The lowest BCUT2D eigenvalue weighted by Crippen LogP contribution is -2.51. The van der Waals surface area contributed by atoms with Crippen LogP contribution in [-0.4, -0.2) is 50.5 Å². The van der Waals surface area contributed by atoms with Crippen LogP contribution in [0.1, 0.15) is 48.9 Å². The first-order chi connectivity index (χ1) is 19.9. The molecular formula is C33H42FN3O4S. The van der Waals surface area contributed by atoms with Crippen LogP contribution in [0.5, 0.6) is 0 Å². The highest BCUT2D eigenvalue weighted by Gasteiger charge is 2.31. The van der Waals surface area contributed by atoms with Crippen molar-refractivity contribution in [2.45, 2.75) is 59.5 Å². The summed E-state index contributed by atoms with van der Waals surface area (Å²) in [6.45, 7) is 8.27. The maximum absolute atomic E-state index is 14.8. The molecule has 42 heavy (non-hydrogen) atoms. The van der Waals surface area contributed by atoms with Gasteiger partial charge in [-0.05, 0) is 61.1 Å². The summed E-state index contributed by atoms with van der Waals surface area (Å²) in [6, 6.07) is 20.2. The first-order valence-electron chi connectivity index (χ1n) is 14.3. The zero-order valence-electron chi connectivity index (χ0n) is 25.1. The highest BCUT2D eigenvalue weighted by molar-refractivity contribution is 7.92. The Morgan fingerprint density at radius 1 is 0.929 bits per heavy atom. The number of rotatable bonds is 14. The molecule has 7 nitrogen and oxygen atoms in total. The van der Waals surface area contributed by atoms with Gasteiger partial charge in [-0.25, -0.2) is 12.8 Å². The van der Waals surface area contributed by atoms with Gasteiger partial charge in [0, 0.05) is 38.0 Å². The van der Waals surface area contributed by atoms with Crippen molar-refractivity contribution < 1.29 is 22.4 Å². The summed E-state index contributed by atoms with van der Waals surface area (Å²) in [5.74, 6) is -0.929. The summed E-state index contributed by atoms with van der Waals surface area (Å²) in [5.41, 5.74) is 3.71. The molecule has 3 rings (SSSR count). The number of halogens is 1. The number of amides is 2. The minimum atomic E-state index is -3.61. The van der Waals surface area contributed by atoms with Crippen molar-refractivity contribution in [2.24, 2.45) is 5.92 Å². The predicted molar refractivity (Wildman–Crippen MR) is 166 cm³/mol. The Morgan fingerprint density at radius 3 is 2.21 bits per heavy atom. The molecule has 0 aliphatic carbocycles. The third-order valence-corrected chi connectivity index (χ3v) is 8.38. The first-order valence-corrected chi connectivity index (χ1v) is 16.1. The van der Waals surface area contributed by atoms with Gasteiger partial charge in [-0.15, -0.1) is 0 Å². The van der Waals surface area contributed by atoms with Crippen molar-refractivity contribution in [3.63, 3.8) is 0 Å². The van der Waals surface area contributed by atoms with Gasteiger partial charge < -0.3 is 10.2 Å². The SMILES string of the molecule is Cc1ccc(N(CCCC(=O)N(Cc2ccccc2F)[C@@H](Cc2ccccc2)C(=O)NCC(C)C)S(C)(=O)=O)cc1C. The van der Waals surface area contributed by atoms with Crippen molar-refractivity contribution in [2.75, 3.05) is 23.7 Å². The lowest BCUT2D eigenvalue weighted by atomic mass is 10.0. The van der Waals surface area contributed by atoms with Gasteiger partial charge in [-0.2, -0.15) is 0 Å². The minimum Gasteiger partial charge on any atom is -0.354 e. The summed E-state index contributed by atoms with van der Waals surface area (Å²) in [7, 11) is -3.61. The lowest BCUT2D eigenvalue weighted by molar-refractivity contribution is -0.141. The summed E-state index contributed by atoms with van der Waals surface area (Å²) in [6.07, 6.45) is 1.60. The van der Waals surface area contributed by atoms with E-state index in [0.717, 1.165) is 22.9 Å². The van der Waals surface area contributed by atoms with Crippen molar-refractivity contribution in [3.05, 3.63) is 101 Å². The fourth-order valence-electron chi connectivity index (χ4n) is 4.67. The van der Waals surface area contributed by atoms with Gasteiger partial charge in [-0.3, -0.25) is 13.9 Å². The van der Waals surface area contributed by atoms with E-state index in [1.807, 2.05) is 70.2 Å². The number of carbonyl (C=O) groups excluding carboxylic acids is 2. The van der Waals surface area contributed by atoms with E-state index in [2.05, 4.69) is 5.32 Å². The van der Waals surface area contributed by atoms with Crippen molar-refractivity contribution in [1.29, 1.82) is 0 Å². The summed E-state index contributed by atoms with van der Waals surface area (Å²) >= 11 is 0. The number of aryl methyl sites for hydroxylation is 2. The molecule has 0 bridgehead atoms. The van der Waals surface area contributed by atoms with Crippen LogP contribution < -0.4 is 9.62 Å². The number of sulfonamides is 1. The van der Waals surface area contributed by atoms with Crippen LogP contribution >= 0.6 is 0 Å². The summed E-state index contributed by atoms with van der Waals surface area (Å²) in [5, 5.41) is 2.95. The quantitative estimate of drug-likeness (QED) is 0.270. The largest absolute Gasteiger partial charge is 0.354 e. The molecule has 0 radical (unpaired) electrons. The maximum Gasteiger partial charge on any atom is 0.243 e. The second kappa shape index (κ2) is 15.0. The highest BCUT2D eigenvalue weighted by Crippen LogP contribution is 2.23. The fourth-order valence-corrected chi connectivity index (χ4v) is 5.63. The highest BCUT2D eigenvalue weighted by atomic mass is 32.2. The Kier molecular flexibility index (Phi) is 11.7. The molecule has 1 N–H and O–H groups in total. The van der Waals surface area contributed by atoms with Crippen LogP contribution in [-0.2, 0) is 32.6 Å². The van der Waals surface area contributed by atoms with Gasteiger partial charge in [0.25, 0.3) is 0 Å². The van der Waals surface area contributed by atoms with Gasteiger partial charge in [0.15, 0.2) is 0 Å². The number of nitrogens with one attached hydrogen (secondary N) is 1. The van der Waals surface area contributed by atoms with E-state index in [4.69, 9.17) is 0 Å². The molecule has 0 saturated heterocycles. The smallest absolute Gasteiger partial charge is 0.243 e. The number of anilines is 1. The molecule has 2 amide bonds. The van der Waals surface area contributed by atoms with Crippen LogP contribution in [0.3, 0.4) is 0 Å². The van der Waals surface area contributed by atoms with Crippen LogP contribution in [0.25, 0.3) is 0 Å². The second-order valence-electron chi connectivity index (χ2n) is 11.2. The Bertz CT molecular complexity index is 1460. The first kappa shape index (κ1) is 32.8. The average molecular weight is 596 g/mol. The zero-order valence-corrected chi connectivity index (χ0v) is 26.0. The second-order valence-corrected chi connectivity index (χ2v) is 13.1. The van der Waals surface area contributed by atoms with Crippen molar-refractivity contribution in [3.8, 4) is 0 Å². The molecule has 0 fully saturated rings. The van der Waals surface area contributed by atoms with Gasteiger partial charge in [0.1, 0.15) is 11.9 Å². The standard InChI is InChI=1S/C33H42FN3O4S/c1-24(2)22-35-33(39)31(21-27-12-7-6-8-13-27)36(23-28-14-9-10-15-30(28)34)32(38)16-11-19-37(42(5,40)41)29-18-17-25(3)26(4)20-29/h6-10,12-15,17-18,20,24,31H,11,16,19,21-23H2,1-5H3,(H,35,39)/t31-/m0/s1. The lowest BCUT2D eigenvalue weighted by Gasteiger charge is -2.32. The monoisotopic (exact) mass is 595 g/mol. The number of carbonyl (C=O) groups is 2. The zero-order chi connectivity index (χ0) is 30.9. The molecule has 3 aromatic rings. The molecule has 3 aromatic carbocycles.